The summed E-state index contributed by atoms with van der Waals surface area (Å²) in [6.07, 6.45) is 3.83. The number of nitrogens with zero attached hydrogens (tertiary/aromatic N) is 2. The number of anilines is 3. The molecule has 2 aromatic heterocycles. The monoisotopic (exact) mass is 588 g/mol. The number of para-hydroxylation sites is 2. The summed E-state index contributed by atoms with van der Waals surface area (Å²) >= 11 is 0. The van der Waals surface area contributed by atoms with Crippen molar-refractivity contribution < 1.29 is 4.42 Å². The number of hydrogen-bond donors (Lipinski definition) is 0. The van der Waals surface area contributed by atoms with Gasteiger partial charge < -0.3 is 9.32 Å². The number of aromatic nitrogens is 1. The topological polar surface area (TPSA) is 29.3 Å². The largest absolute Gasteiger partial charge is 0.456 e. The molecule has 0 atom stereocenters. The van der Waals surface area contributed by atoms with Crippen LogP contribution in [0.4, 0.5) is 17.1 Å². The third kappa shape index (κ3) is 4.25. The SMILES string of the molecule is c1ccc(-c2ccccc2N(c2ccc(-c3cccc4ccccc34)cc2)c2c3cnccc3cc3oc4ccccc4c23)cc1. The Bertz CT molecular complexity index is 2530. The van der Waals surface area contributed by atoms with Crippen LogP contribution in [0.15, 0.2) is 175 Å². The molecule has 3 heteroatoms. The van der Waals surface area contributed by atoms with E-state index in [0.29, 0.717) is 0 Å². The molecule has 0 N–H and O–H groups in total. The van der Waals surface area contributed by atoms with Crippen LogP contribution in [0.2, 0.25) is 0 Å². The quantitative estimate of drug-likeness (QED) is 0.200. The molecule has 0 bridgehead atoms. The van der Waals surface area contributed by atoms with E-state index in [1.165, 1.54) is 21.9 Å². The molecule has 0 saturated heterocycles. The van der Waals surface area contributed by atoms with Gasteiger partial charge in [-0.2, -0.15) is 0 Å². The van der Waals surface area contributed by atoms with Crippen molar-refractivity contribution in [3.8, 4) is 22.3 Å². The Balaban J connectivity index is 1.35. The minimum Gasteiger partial charge on any atom is -0.456 e. The first kappa shape index (κ1) is 26.2. The van der Waals surface area contributed by atoms with Crippen molar-refractivity contribution in [3.63, 3.8) is 0 Å². The first-order valence-electron chi connectivity index (χ1n) is 15.5. The molecule has 0 radical (unpaired) electrons. The predicted octanol–water partition coefficient (Wildman–Crippen LogP) is 12.1. The highest BCUT2D eigenvalue weighted by molar-refractivity contribution is 6.22. The maximum Gasteiger partial charge on any atom is 0.138 e. The Hall–Kier alpha value is -6.19. The molecule has 3 nitrogen and oxygen atoms in total. The molecule has 0 amide bonds. The molecule has 9 aromatic rings. The van der Waals surface area contributed by atoms with Crippen molar-refractivity contribution >= 4 is 60.5 Å². The maximum absolute atomic E-state index is 6.51. The Morgan fingerprint density at radius 1 is 0.478 bits per heavy atom. The third-order valence-electron chi connectivity index (χ3n) is 8.94. The summed E-state index contributed by atoms with van der Waals surface area (Å²) in [5, 5.41) is 6.76. The number of benzene rings is 7. The second kappa shape index (κ2) is 10.8. The smallest absolute Gasteiger partial charge is 0.138 e. The molecular formula is C43H28N2O. The molecule has 0 aliphatic carbocycles. The molecule has 0 fully saturated rings. The number of hydrogen-bond acceptors (Lipinski definition) is 3. The first-order valence-corrected chi connectivity index (χ1v) is 15.5. The molecule has 9 rings (SSSR count). The van der Waals surface area contributed by atoms with Crippen LogP contribution in [0.5, 0.6) is 0 Å². The van der Waals surface area contributed by atoms with E-state index < -0.39 is 0 Å². The summed E-state index contributed by atoms with van der Waals surface area (Å²) in [6.45, 7) is 0. The summed E-state index contributed by atoms with van der Waals surface area (Å²) in [5.74, 6) is 0. The van der Waals surface area contributed by atoms with Crippen molar-refractivity contribution in [1.82, 2.24) is 4.98 Å². The van der Waals surface area contributed by atoms with E-state index in [2.05, 4.69) is 155 Å². The van der Waals surface area contributed by atoms with Gasteiger partial charge in [-0.15, -0.1) is 0 Å². The van der Waals surface area contributed by atoms with E-state index in [-0.39, 0.29) is 0 Å². The minimum absolute atomic E-state index is 0.851. The van der Waals surface area contributed by atoms with Crippen LogP contribution in [0, 0.1) is 0 Å². The zero-order valence-corrected chi connectivity index (χ0v) is 25.0. The van der Waals surface area contributed by atoms with E-state index in [4.69, 9.17) is 4.42 Å². The fraction of sp³-hybridized carbons (Fsp3) is 0. The van der Waals surface area contributed by atoms with E-state index in [1.807, 2.05) is 24.5 Å². The van der Waals surface area contributed by atoms with Crippen molar-refractivity contribution in [1.29, 1.82) is 0 Å². The van der Waals surface area contributed by atoms with E-state index in [1.54, 1.807) is 0 Å². The number of furan rings is 1. The fourth-order valence-corrected chi connectivity index (χ4v) is 6.83. The third-order valence-corrected chi connectivity index (χ3v) is 8.94. The van der Waals surface area contributed by atoms with Crippen LogP contribution in [-0.4, -0.2) is 4.98 Å². The van der Waals surface area contributed by atoms with Crippen LogP contribution in [0.25, 0.3) is 65.7 Å². The first-order chi connectivity index (χ1) is 22.8. The standard InChI is InChI=1S/C43H28N2O/c1-2-11-30(12-3-1)36-16-6-8-19-39(36)45(33-23-21-31(22-24-33)35-18-10-14-29-13-4-5-15-34(29)35)43-38-28-44-26-25-32(38)27-41-42(43)37-17-7-9-20-40(37)46-41/h1-28H. The van der Waals surface area contributed by atoms with E-state index >= 15 is 0 Å². The van der Waals surface area contributed by atoms with Crippen molar-refractivity contribution in [3.05, 3.63) is 170 Å². The van der Waals surface area contributed by atoms with Crippen LogP contribution in [0.1, 0.15) is 0 Å². The number of rotatable bonds is 5. The average Bonchev–Trinajstić information content (AvgIpc) is 3.50. The fourth-order valence-electron chi connectivity index (χ4n) is 6.83. The van der Waals surface area contributed by atoms with E-state index in [9.17, 15) is 0 Å². The van der Waals surface area contributed by atoms with Crippen LogP contribution in [0.3, 0.4) is 0 Å². The Labute approximate surface area is 266 Å². The average molecular weight is 589 g/mol. The van der Waals surface area contributed by atoms with Crippen LogP contribution < -0.4 is 4.90 Å². The molecule has 0 spiro atoms. The van der Waals surface area contributed by atoms with Crippen molar-refractivity contribution in [2.45, 2.75) is 0 Å². The molecule has 0 aliphatic rings. The highest BCUT2D eigenvalue weighted by atomic mass is 16.3. The Morgan fingerprint density at radius 3 is 2.07 bits per heavy atom. The van der Waals surface area contributed by atoms with Crippen molar-refractivity contribution in [2.75, 3.05) is 4.90 Å². The molecule has 0 saturated carbocycles. The summed E-state index contributed by atoms with van der Waals surface area (Å²) in [6, 6.07) is 55.8. The van der Waals surface area contributed by atoms with Gasteiger partial charge in [0, 0.05) is 34.4 Å². The van der Waals surface area contributed by atoms with Gasteiger partial charge in [0.1, 0.15) is 11.2 Å². The van der Waals surface area contributed by atoms with Gasteiger partial charge in [0.05, 0.1) is 16.8 Å². The van der Waals surface area contributed by atoms with Gasteiger partial charge in [-0.05, 0) is 69.2 Å². The van der Waals surface area contributed by atoms with Gasteiger partial charge in [0.15, 0.2) is 0 Å². The molecule has 7 aromatic carbocycles. The predicted molar refractivity (Wildman–Crippen MR) is 192 cm³/mol. The molecule has 216 valence electrons. The van der Waals surface area contributed by atoms with Crippen LogP contribution >= 0.6 is 0 Å². The van der Waals surface area contributed by atoms with Gasteiger partial charge in [0.2, 0.25) is 0 Å². The van der Waals surface area contributed by atoms with Gasteiger partial charge >= 0.3 is 0 Å². The lowest BCUT2D eigenvalue weighted by Gasteiger charge is -2.30. The highest BCUT2D eigenvalue weighted by Gasteiger charge is 2.24. The molecule has 0 aliphatic heterocycles. The Kier molecular flexibility index (Phi) is 6.14. The summed E-state index contributed by atoms with van der Waals surface area (Å²) < 4.78 is 6.51. The highest BCUT2D eigenvalue weighted by Crippen LogP contribution is 2.49. The molecule has 0 unspecified atom stereocenters. The minimum atomic E-state index is 0.851. The lowest BCUT2D eigenvalue weighted by molar-refractivity contribution is 0.669. The van der Waals surface area contributed by atoms with Gasteiger partial charge in [-0.25, -0.2) is 0 Å². The molecular weight excluding hydrogens is 560 g/mol. The molecule has 2 heterocycles. The normalized spacial score (nSPS) is 11.5. The lowest BCUT2D eigenvalue weighted by Crippen LogP contribution is -2.12. The van der Waals surface area contributed by atoms with E-state index in [0.717, 1.165) is 60.9 Å². The zero-order valence-electron chi connectivity index (χ0n) is 25.0. The lowest BCUT2D eigenvalue weighted by atomic mass is 9.97. The number of fused-ring (bicyclic) bond motifs is 5. The zero-order chi connectivity index (χ0) is 30.5. The van der Waals surface area contributed by atoms with Crippen molar-refractivity contribution in [2.24, 2.45) is 0 Å². The van der Waals surface area contributed by atoms with Gasteiger partial charge in [-0.3, -0.25) is 4.98 Å². The second-order valence-electron chi connectivity index (χ2n) is 11.6. The summed E-state index contributed by atoms with van der Waals surface area (Å²) in [5.41, 5.74) is 9.59. The summed E-state index contributed by atoms with van der Waals surface area (Å²) in [7, 11) is 0. The number of pyridine rings is 1. The second-order valence-corrected chi connectivity index (χ2v) is 11.6. The molecule has 46 heavy (non-hydrogen) atoms. The maximum atomic E-state index is 6.51. The van der Waals surface area contributed by atoms with Crippen LogP contribution in [-0.2, 0) is 0 Å². The van der Waals surface area contributed by atoms with Gasteiger partial charge in [-0.1, -0.05) is 121 Å². The Morgan fingerprint density at radius 2 is 1.17 bits per heavy atom. The van der Waals surface area contributed by atoms with Gasteiger partial charge in [0.25, 0.3) is 0 Å². The summed E-state index contributed by atoms with van der Waals surface area (Å²) in [4.78, 5) is 7.01.